The third-order valence-electron chi connectivity index (χ3n) is 4.77. The van der Waals surface area contributed by atoms with Crippen molar-refractivity contribution in [1.29, 1.82) is 0 Å². The molecular formula is C22H26N2O4. The molecule has 3 rings (SSSR count). The predicted molar refractivity (Wildman–Crippen MR) is 107 cm³/mol. The molecule has 0 aliphatic carbocycles. The van der Waals surface area contributed by atoms with Crippen LogP contribution in [0.25, 0.3) is 0 Å². The fraction of sp³-hybridized carbons (Fsp3) is 0.364. The molecule has 2 amide bonds. The summed E-state index contributed by atoms with van der Waals surface area (Å²) < 4.78 is 11.3. The molecule has 0 unspecified atom stereocenters. The Morgan fingerprint density at radius 2 is 1.79 bits per heavy atom. The van der Waals surface area contributed by atoms with Gasteiger partial charge in [-0.15, -0.1) is 0 Å². The number of hydrogen-bond acceptors (Lipinski definition) is 4. The fourth-order valence-electron chi connectivity index (χ4n) is 3.13. The fourth-order valence-corrected chi connectivity index (χ4v) is 3.13. The molecule has 1 aliphatic heterocycles. The van der Waals surface area contributed by atoms with Gasteiger partial charge < -0.3 is 19.7 Å². The Labute approximate surface area is 165 Å². The molecule has 6 nitrogen and oxygen atoms in total. The molecule has 1 saturated heterocycles. The summed E-state index contributed by atoms with van der Waals surface area (Å²) in [5.74, 6) is 0.540. The summed E-state index contributed by atoms with van der Waals surface area (Å²) in [4.78, 5) is 25.9. The van der Waals surface area contributed by atoms with E-state index in [0.29, 0.717) is 24.3 Å². The first-order valence-electron chi connectivity index (χ1n) is 9.48. The van der Waals surface area contributed by atoms with Crippen LogP contribution in [-0.4, -0.2) is 50.1 Å². The Kier molecular flexibility index (Phi) is 6.66. The Morgan fingerprint density at radius 1 is 1.11 bits per heavy atom. The second-order valence-electron chi connectivity index (χ2n) is 6.91. The van der Waals surface area contributed by atoms with Crippen LogP contribution in [0.2, 0.25) is 0 Å². The molecule has 0 spiro atoms. The molecule has 2 aromatic rings. The average Bonchev–Trinajstić information content (AvgIpc) is 3.25. The molecule has 148 valence electrons. The van der Waals surface area contributed by atoms with Gasteiger partial charge in [0.2, 0.25) is 0 Å². The summed E-state index contributed by atoms with van der Waals surface area (Å²) in [5.41, 5.74) is 2.16. The van der Waals surface area contributed by atoms with Crippen molar-refractivity contribution in [3.8, 4) is 5.75 Å². The van der Waals surface area contributed by atoms with Crippen molar-refractivity contribution < 1.29 is 19.1 Å². The van der Waals surface area contributed by atoms with Gasteiger partial charge in [-0.05, 0) is 54.8 Å². The van der Waals surface area contributed by atoms with Crippen LogP contribution < -0.4 is 10.1 Å². The molecular weight excluding hydrogens is 356 g/mol. The zero-order chi connectivity index (χ0) is 19.9. The van der Waals surface area contributed by atoms with Gasteiger partial charge in [-0.3, -0.25) is 9.59 Å². The number of carbonyl (C=O) groups is 2. The van der Waals surface area contributed by atoms with Crippen molar-refractivity contribution in [2.45, 2.75) is 25.5 Å². The van der Waals surface area contributed by atoms with E-state index >= 15 is 0 Å². The molecule has 1 heterocycles. The number of rotatable bonds is 7. The van der Waals surface area contributed by atoms with Crippen molar-refractivity contribution in [3.63, 3.8) is 0 Å². The van der Waals surface area contributed by atoms with Crippen molar-refractivity contribution in [1.82, 2.24) is 10.2 Å². The predicted octanol–water partition coefficient (Wildman–Crippen LogP) is 2.88. The van der Waals surface area contributed by atoms with E-state index in [4.69, 9.17) is 9.47 Å². The topological polar surface area (TPSA) is 67.9 Å². The first kappa shape index (κ1) is 19.9. The maximum Gasteiger partial charge on any atom is 0.253 e. The number of hydrogen-bond donors (Lipinski definition) is 1. The molecule has 6 heteroatoms. The van der Waals surface area contributed by atoms with Crippen molar-refractivity contribution >= 4 is 11.8 Å². The number of ether oxygens (including phenoxy) is 2. The molecule has 0 bridgehead atoms. The van der Waals surface area contributed by atoms with Crippen LogP contribution in [0.5, 0.6) is 5.75 Å². The van der Waals surface area contributed by atoms with Crippen molar-refractivity contribution in [2.75, 3.05) is 27.3 Å². The van der Waals surface area contributed by atoms with Crippen molar-refractivity contribution in [2.24, 2.45) is 0 Å². The average molecular weight is 382 g/mol. The first-order valence-corrected chi connectivity index (χ1v) is 9.48. The van der Waals surface area contributed by atoms with Crippen LogP contribution in [-0.2, 0) is 11.3 Å². The Balaban J connectivity index is 1.54. The van der Waals surface area contributed by atoms with E-state index < -0.39 is 0 Å². The Bertz CT molecular complexity index is 796. The minimum absolute atomic E-state index is 0.0685. The standard InChI is InChI=1S/C22H26N2O4/c1-23-21(25)17-7-5-16(6-8-17)14-24(2)22(26)18-9-11-19(12-10-18)28-15-20-4-3-13-27-20/h5-12,20H,3-4,13-15H2,1-2H3,(H,23,25)/t20-/m1/s1. The quantitative estimate of drug-likeness (QED) is 0.800. The summed E-state index contributed by atoms with van der Waals surface area (Å²) in [6.07, 6.45) is 2.29. The summed E-state index contributed by atoms with van der Waals surface area (Å²) in [5, 5.41) is 2.59. The first-order chi connectivity index (χ1) is 13.6. The zero-order valence-corrected chi connectivity index (χ0v) is 16.3. The second-order valence-corrected chi connectivity index (χ2v) is 6.91. The Morgan fingerprint density at radius 3 is 2.39 bits per heavy atom. The molecule has 0 radical (unpaired) electrons. The molecule has 1 aliphatic rings. The van der Waals surface area contributed by atoms with Gasteiger partial charge in [0.15, 0.2) is 0 Å². The molecule has 0 aromatic heterocycles. The number of benzene rings is 2. The van der Waals surface area contributed by atoms with E-state index in [1.54, 1.807) is 43.3 Å². The number of nitrogens with one attached hydrogen (secondary N) is 1. The second kappa shape index (κ2) is 9.37. The monoisotopic (exact) mass is 382 g/mol. The number of amides is 2. The molecule has 1 N–H and O–H groups in total. The van der Waals surface area contributed by atoms with Crippen LogP contribution in [0.1, 0.15) is 39.1 Å². The van der Waals surface area contributed by atoms with E-state index in [-0.39, 0.29) is 17.9 Å². The van der Waals surface area contributed by atoms with E-state index in [1.807, 2.05) is 24.3 Å². The van der Waals surface area contributed by atoms with Crippen LogP contribution in [0.15, 0.2) is 48.5 Å². The van der Waals surface area contributed by atoms with Gasteiger partial charge in [0.1, 0.15) is 12.4 Å². The van der Waals surface area contributed by atoms with Crippen LogP contribution in [0.3, 0.4) is 0 Å². The van der Waals surface area contributed by atoms with Crippen LogP contribution in [0, 0.1) is 0 Å². The summed E-state index contributed by atoms with van der Waals surface area (Å²) in [6.45, 7) is 1.81. The lowest BCUT2D eigenvalue weighted by Crippen LogP contribution is -2.26. The van der Waals surface area contributed by atoms with Gasteiger partial charge in [-0.1, -0.05) is 12.1 Å². The lowest BCUT2D eigenvalue weighted by molar-refractivity contribution is 0.0679. The summed E-state index contributed by atoms with van der Waals surface area (Å²) in [6, 6.07) is 14.4. The summed E-state index contributed by atoms with van der Waals surface area (Å²) >= 11 is 0. The van der Waals surface area contributed by atoms with Gasteiger partial charge in [0.25, 0.3) is 11.8 Å². The van der Waals surface area contributed by atoms with Crippen molar-refractivity contribution in [3.05, 3.63) is 65.2 Å². The van der Waals surface area contributed by atoms with E-state index in [1.165, 1.54) is 0 Å². The maximum absolute atomic E-state index is 12.6. The van der Waals surface area contributed by atoms with E-state index in [2.05, 4.69) is 5.32 Å². The highest BCUT2D eigenvalue weighted by Gasteiger charge is 2.16. The lowest BCUT2D eigenvalue weighted by atomic mass is 10.1. The van der Waals surface area contributed by atoms with Gasteiger partial charge in [-0.25, -0.2) is 0 Å². The SMILES string of the molecule is CNC(=O)c1ccc(CN(C)C(=O)c2ccc(OC[C@H]3CCCO3)cc2)cc1. The zero-order valence-electron chi connectivity index (χ0n) is 16.3. The molecule has 2 aromatic carbocycles. The third-order valence-corrected chi connectivity index (χ3v) is 4.77. The van der Waals surface area contributed by atoms with Gasteiger partial charge >= 0.3 is 0 Å². The maximum atomic E-state index is 12.6. The highest BCUT2D eigenvalue weighted by Crippen LogP contribution is 2.18. The molecule has 0 saturated carbocycles. The minimum Gasteiger partial charge on any atom is -0.491 e. The van der Waals surface area contributed by atoms with E-state index in [0.717, 1.165) is 30.8 Å². The highest BCUT2D eigenvalue weighted by molar-refractivity contribution is 5.94. The molecule has 1 fully saturated rings. The van der Waals surface area contributed by atoms with Gasteiger partial charge in [0.05, 0.1) is 6.10 Å². The normalized spacial score (nSPS) is 15.9. The largest absolute Gasteiger partial charge is 0.491 e. The van der Waals surface area contributed by atoms with Crippen LogP contribution in [0.4, 0.5) is 0 Å². The van der Waals surface area contributed by atoms with E-state index in [9.17, 15) is 9.59 Å². The van der Waals surface area contributed by atoms with Gasteiger partial charge in [0, 0.05) is 38.4 Å². The summed E-state index contributed by atoms with van der Waals surface area (Å²) in [7, 11) is 3.36. The lowest BCUT2D eigenvalue weighted by Gasteiger charge is -2.18. The molecule has 1 atom stereocenters. The number of carbonyl (C=O) groups excluding carboxylic acids is 2. The van der Waals surface area contributed by atoms with Gasteiger partial charge in [-0.2, -0.15) is 0 Å². The highest BCUT2D eigenvalue weighted by atomic mass is 16.5. The number of nitrogens with zero attached hydrogens (tertiary/aromatic N) is 1. The molecule has 28 heavy (non-hydrogen) atoms. The van der Waals surface area contributed by atoms with Crippen LogP contribution >= 0.6 is 0 Å². The minimum atomic E-state index is -0.127. The smallest absolute Gasteiger partial charge is 0.253 e. The third kappa shape index (κ3) is 5.10. The Hall–Kier alpha value is -2.86.